The average Bonchev–Trinajstić information content (AvgIpc) is 3.50. The number of fused-ring (bicyclic) bond motifs is 1. The van der Waals surface area contributed by atoms with E-state index in [-0.39, 0.29) is 5.91 Å². The molecule has 0 bridgehead atoms. The molecule has 0 atom stereocenters. The van der Waals surface area contributed by atoms with Crippen molar-refractivity contribution in [3.8, 4) is 17.0 Å². The fourth-order valence-corrected chi connectivity index (χ4v) is 5.72. The summed E-state index contributed by atoms with van der Waals surface area (Å²) in [6.07, 6.45) is 1.59. The van der Waals surface area contributed by atoms with Gasteiger partial charge in [0, 0.05) is 27.2 Å². The summed E-state index contributed by atoms with van der Waals surface area (Å²) in [5, 5.41) is 13.2. The van der Waals surface area contributed by atoms with Gasteiger partial charge < -0.3 is 10.1 Å². The topological polar surface area (TPSA) is 75.6 Å². The average molecular weight is 668 g/mol. The molecule has 0 aliphatic heterocycles. The first-order chi connectivity index (χ1) is 21.0. The van der Waals surface area contributed by atoms with E-state index in [2.05, 4.69) is 67.1 Å². The number of anilines is 2. The van der Waals surface area contributed by atoms with Gasteiger partial charge in [-0.15, -0.1) is 11.3 Å². The quantitative estimate of drug-likeness (QED) is 0.119. The summed E-state index contributed by atoms with van der Waals surface area (Å²) in [5.41, 5.74) is 7.63. The number of aromatic nitrogens is 1. The number of thiazole rings is 1. The standard InChI is InChI=1S/C34H24BrClN4O2S/c35-30-18-22(6-16-32(30)42-20-23-5-7-24-3-1-2-4-27(24)17-23)19-37-40-33(41)26-10-8-25(9-11-26)31-21-43-34(39-31)38-29-14-12-28(36)13-15-29/h1-19,21H,20H2,(H,38,39)(H,40,41)/b37-19-. The molecule has 212 valence electrons. The monoisotopic (exact) mass is 666 g/mol. The Kier molecular flexibility index (Phi) is 8.79. The van der Waals surface area contributed by atoms with E-state index in [0.717, 1.165) is 43.4 Å². The third kappa shape index (κ3) is 7.29. The number of halogens is 2. The molecule has 0 fully saturated rings. The molecule has 6 nitrogen and oxygen atoms in total. The summed E-state index contributed by atoms with van der Waals surface area (Å²) in [6.45, 7) is 0.454. The Balaban J connectivity index is 1.02. The van der Waals surface area contributed by atoms with E-state index >= 15 is 0 Å². The van der Waals surface area contributed by atoms with Crippen LogP contribution in [0, 0.1) is 0 Å². The number of amides is 1. The van der Waals surface area contributed by atoms with Crippen LogP contribution in [0.4, 0.5) is 10.8 Å². The van der Waals surface area contributed by atoms with Crippen molar-refractivity contribution < 1.29 is 9.53 Å². The lowest BCUT2D eigenvalue weighted by Crippen LogP contribution is -2.17. The molecule has 6 rings (SSSR count). The Bertz CT molecular complexity index is 1920. The molecule has 1 heterocycles. The molecule has 0 spiro atoms. The van der Waals surface area contributed by atoms with E-state index in [9.17, 15) is 4.79 Å². The van der Waals surface area contributed by atoms with Gasteiger partial charge in [-0.3, -0.25) is 4.79 Å². The highest BCUT2D eigenvalue weighted by atomic mass is 79.9. The maximum atomic E-state index is 12.6. The molecular formula is C34H24BrClN4O2S. The van der Waals surface area contributed by atoms with Crippen LogP contribution in [0.1, 0.15) is 21.5 Å². The lowest BCUT2D eigenvalue weighted by molar-refractivity contribution is 0.0955. The second-order valence-corrected chi connectivity index (χ2v) is 11.8. The number of ether oxygens (including phenoxy) is 1. The molecule has 0 saturated carbocycles. The van der Waals surface area contributed by atoms with Crippen molar-refractivity contribution in [2.45, 2.75) is 6.61 Å². The molecule has 5 aromatic carbocycles. The Labute approximate surface area is 266 Å². The summed E-state index contributed by atoms with van der Waals surface area (Å²) in [4.78, 5) is 17.3. The summed E-state index contributed by atoms with van der Waals surface area (Å²) >= 11 is 11.0. The van der Waals surface area contributed by atoms with Gasteiger partial charge >= 0.3 is 0 Å². The lowest BCUT2D eigenvalue weighted by atomic mass is 10.1. The van der Waals surface area contributed by atoms with E-state index in [4.69, 9.17) is 16.3 Å². The first kappa shape index (κ1) is 28.6. The third-order valence-corrected chi connectivity index (χ3v) is 8.22. The minimum absolute atomic E-state index is 0.305. The summed E-state index contributed by atoms with van der Waals surface area (Å²) in [5.74, 6) is 0.419. The Morgan fingerprint density at radius 1 is 0.930 bits per heavy atom. The normalized spacial score (nSPS) is 11.1. The largest absolute Gasteiger partial charge is 0.488 e. The number of nitrogens with zero attached hydrogens (tertiary/aromatic N) is 2. The van der Waals surface area contributed by atoms with Crippen LogP contribution in [-0.2, 0) is 6.61 Å². The molecule has 2 N–H and O–H groups in total. The molecule has 1 amide bonds. The Morgan fingerprint density at radius 2 is 1.72 bits per heavy atom. The molecule has 43 heavy (non-hydrogen) atoms. The highest BCUT2D eigenvalue weighted by Crippen LogP contribution is 2.29. The number of benzene rings is 5. The molecule has 0 unspecified atom stereocenters. The number of hydrogen-bond acceptors (Lipinski definition) is 6. The van der Waals surface area contributed by atoms with Gasteiger partial charge in [-0.1, -0.05) is 60.1 Å². The van der Waals surface area contributed by atoms with Crippen LogP contribution in [-0.4, -0.2) is 17.1 Å². The first-order valence-electron chi connectivity index (χ1n) is 13.3. The van der Waals surface area contributed by atoms with Crippen LogP contribution in [0.2, 0.25) is 5.02 Å². The van der Waals surface area contributed by atoms with Crippen molar-refractivity contribution in [2.75, 3.05) is 5.32 Å². The molecule has 0 radical (unpaired) electrons. The smallest absolute Gasteiger partial charge is 0.271 e. The Hall–Kier alpha value is -4.50. The SMILES string of the molecule is O=C(N/N=C\c1ccc(OCc2ccc3ccccc3c2)c(Br)c1)c1ccc(-c2csc(Nc3ccc(Cl)cc3)n2)cc1. The lowest BCUT2D eigenvalue weighted by Gasteiger charge is -2.10. The van der Waals surface area contributed by atoms with Gasteiger partial charge in [-0.2, -0.15) is 5.10 Å². The maximum absolute atomic E-state index is 12.6. The highest BCUT2D eigenvalue weighted by Gasteiger charge is 2.09. The zero-order valence-electron chi connectivity index (χ0n) is 22.6. The highest BCUT2D eigenvalue weighted by molar-refractivity contribution is 9.10. The molecule has 9 heteroatoms. The van der Waals surface area contributed by atoms with Crippen LogP contribution >= 0.6 is 38.9 Å². The number of carbonyl (C=O) groups is 1. The molecule has 0 aliphatic rings. The minimum atomic E-state index is -0.305. The van der Waals surface area contributed by atoms with Crippen LogP contribution in [0.15, 0.2) is 124 Å². The third-order valence-electron chi connectivity index (χ3n) is 6.59. The summed E-state index contributed by atoms with van der Waals surface area (Å²) < 4.78 is 6.83. The zero-order valence-corrected chi connectivity index (χ0v) is 25.8. The van der Waals surface area contributed by atoms with Crippen molar-refractivity contribution >= 4 is 72.6 Å². The fraction of sp³-hybridized carbons (Fsp3) is 0.0294. The van der Waals surface area contributed by atoms with E-state index in [1.807, 2.05) is 72.1 Å². The van der Waals surface area contributed by atoms with E-state index in [1.54, 1.807) is 18.3 Å². The molecule has 6 aromatic rings. The number of rotatable bonds is 9. The first-order valence-corrected chi connectivity index (χ1v) is 15.4. The van der Waals surface area contributed by atoms with Gasteiger partial charge in [0.1, 0.15) is 12.4 Å². The van der Waals surface area contributed by atoms with Crippen LogP contribution in [0.5, 0.6) is 5.75 Å². The van der Waals surface area contributed by atoms with Crippen LogP contribution < -0.4 is 15.5 Å². The number of hydrazone groups is 1. The second-order valence-electron chi connectivity index (χ2n) is 9.61. The number of carbonyl (C=O) groups excluding carboxylic acids is 1. The van der Waals surface area contributed by atoms with Gasteiger partial charge in [0.2, 0.25) is 0 Å². The van der Waals surface area contributed by atoms with E-state index < -0.39 is 0 Å². The predicted molar refractivity (Wildman–Crippen MR) is 180 cm³/mol. The predicted octanol–water partition coefficient (Wildman–Crippen LogP) is 9.47. The summed E-state index contributed by atoms with van der Waals surface area (Å²) in [7, 11) is 0. The maximum Gasteiger partial charge on any atom is 0.271 e. The Morgan fingerprint density at radius 3 is 2.51 bits per heavy atom. The van der Waals surface area contributed by atoms with E-state index in [1.165, 1.54) is 22.1 Å². The fourth-order valence-electron chi connectivity index (χ4n) is 4.35. The second kappa shape index (κ2) is 13.2. The van der Waals surface area contributed by atoms with Crippen molar-refractivity contribution in [2.24, 2.45) is 5.10 Å². The van der Waals surface area contributed by atoms with Crippen molar-refractivity contribution in [3.05, 3.63) is 141 Å². The van der Waals surface area contributed by atoms with Gasteiger partial charge in [0.15, 0.2) is 5.13 Å². The van der Waals surface area contributed by atoms with Crippen molar-refractivity contribution in [3.63, 3.8) is 0 Å². The van der Waals surface area contributed by atoms with Gasteiger partial charge in [0.05, 0.1) is 16.4 Å². The molecule has 0 aliphatic carbocycles. The molecule has 0 saturated heterocycles. The van der Waals surface area contributed by atoms with Gasteiger partial charge in [-0.05, 0) is 98.5 Å². The molecular weight excluding hydrogens is 644 g/mol. The van der Waals surface area contributed by atoms with Crippen molar-refractivity contribution in [1.82, 2.24) is 10.4 Å². The molecule has 1 aromatic heterocycles. The number of nitrogens with one attached hydrogen (secondary N) is 2. The summed E-state index contributed by atoms with van der Waals surface area (Å²) in [6, 6.07) is 34.9. The van der Waals surface area contributed by atoms with Crippen LogP contribution in [0.25, 0.3) is 22.0 Å². The minimum Gasteiger partial charge on any atom is -0.488 e. The van der Waals surface area contributed by atoms with Crippen LogP contribution in [0.3, 0.4) is 0 Å². The number of hydrogen-bond donors (Lipinski definition) is 2. The van der Waals surface area contributed by atoms with Gasteiger partial charge in [-0.25, -0.2) is 10.4 Å². The van der Waals surface area contributed by atoms with Crippen molar-refractivity contribution in [1.29, 1.82) is 0 Å². The zero-order chi connectivity index (χ0) is 29.6. The van der Waals surface area contributed by atoms with E-state index in [0.29, 0.717) is 17.2 Å². The van der Waals surface area contributed by atoms with Gasteiger partial charge in [0.25, 0.3) is 5.91 Å².